The van der Waals surface area contributed by atoms with Crippen LogP contribution >= 0.6 is 0 Å². The highest BCUT2D eigenvalue weighted by molar-refractivity contribution is 5.88. The number of likely N-dealkylation sites (tertiary alicyclic amines) is 1. The summed E-state index contributed by atoms with van der Waals surface area (Å²) in [6, 6.07) is 7.77. The van der Waals surface area contributed by atoms with E-state index in [4.69, 9.17) is 4.74 Å². The molecule has 1 N–H and O–H groups in total. The molecule has 134 valence electrons. The summed E-state index contributed by atoms with van der Waals surface area (Å²) in [5, 5.41) is 7.29. The average molecular weight is 346 g/mol. The minimum absolute atomic E-state index is 0.0817. The number of aromatic nitrogens is 2. The number of benzene rings is 1. The number of halogens is 1. The highest BCUT2D eigenvalue weighted by Gasteiger charge is 2.18. The van der Waals surface area contributed by atoms with Gasteiger partial charge in [-0.3, -0.25) is 10.00 Å². The van der Waals surface area contributed by atoms with E-state index in [-0.39, 0.29) is 11.8 Å². The highest BCUT2D eigenvalue weighted by Crippen LogP contribution is 2.14. The first kappa shape index (κ1) is 17.3. The quantitative estimate of drug-likeness (QED) is 0.815. The Balaban J connectivity index is 1.45. The third kappa shape index (κ3) is 4.71. The lowest BCUT2D eigenvalue weighted by molar-refractivity contribution is 0.222. The molecule has 0 unspecified atom stereocenters. The summed E-state index contributed by atoms with van der Waals surface area (Å²) in [7, 11) is 0. The van der Waals surface area contributed by atoms with Crippen molar-refractivity contribution in [2.24, 2.45) is 0 Å². The van der Waals surface area contributed by atoms with Gasteiger partial charge in [-0.1, -0.05) is 0 Å². The molecule has 3 rings (SSSR count). The summed E-state index contributed by atoms with van der Waals surface area (Å²) >= 11 is 0. The molecule has 1 aromatic heterocycles. The van der Waals surface area contributed by atoms with E-state index in [1.54, 1.807) is 12.1 Å². The van der Waals surface area contributed by atoms with Crippen molar-refractivity contribution in [2.75, 3.05) is 25.0 Å². The maximum Gasteiger partial charge on any atom is 0.323 e. The largest absolute Gasteiger partial charge is 0.494 e. The van der Waals surface area contributed by atoms with E-state index in [0.29, 0.717) is 24.7 Å². The fourth-order valence-electron chi connectivity index (χ4n) is 2.84. The van der Waals surface area contributed by atoms with Gasteiger partial charge in [-0.15, -0.1) is 0 Å². The van der Waals surface area contributed by atoms with Gasteiger partial charge in [0.05, 0.1) is 6.61 Å². The Kier molecular flexibility index (Phi) is 5.53. The van der Waals surface area contributed by atoms with Crippen LogP contribution in [0.4, 0.5) is 15.0 Å². The fourth-order valence-corrected chi connectivity index (χ4v) is 2.84. The van der Waals surface area contributed by atoms with Crippen molar-refractivity contribution >= 4 is 11.8 Å². The van der Waals surface area contributed by atoms with Crippen LogP contribution < -0.4 is 10.1 Å². The van der Waals surface area contributed by atoms with Crippen LogP contribution in [0.5, 0.6) is 5.75 Å². The van der Waals surface area contributed by atoms with Crippen LogP contribution in [0.3, 0.4) is 0 Å². The lowest BCUT2D eigenvalue weighted by Crippen LogP contribution is -2.32. The van der Waals surface area contributed by atoms with Crippen LogP contribution in [0, 0.1) is 12.7 Å². The molecule has 1 aliphatic heterocycles. The van der Waals surface area contributed by atoms with Gasteiger partial charge in [-0.2, -0.15) is 5.10 Å². The molecule has 0 atom stereocenters. The number of aryl methyl sites for hydroxylation is 2. The van der Waals surface area contributed by atoms with Crippen LogP contribution in [0.1, 0.15) is 25.0 Å². The fraction of sp³-hybridized carbons (Fsp3) is 0.444. The molecule has 2 aromatic rings. The standard InChI is InChI=1S/C18H23FN4O2/c1-14-13-17(20-18(24)22-9-2-3-10-22)21-23(14)11-4-12-25-16-7-5-15(19)6-8-16/h5-8,13H,2-4,9-12H2,1H3,(H,20,21,24). The maximum atomic E-state index is 12.8. The van der Waals surface area contributed by atoms with Crippen molar-refractivity contribution < 1.29 is 13.9 Å². The Bertz CT molecular complexity index is 708. The molecule has 0 bridgehead atoms. The molecule has 7 heteroatoms. The summed E-state index contributed by atoms with van der Waals surface area (Å²) in [5.74, 6) is 0.953. The first-order chi connectivity index (χ1) is 12.1. The topological polar surface area (TPSA) is 59.4 Å². The number of hydrogen-bond donors (Lipinski definition) is 1. The van der Waals surface area contributed by atoms with Gasteiger partial charge in [0.25, 0.3) is 0 Å². The number of amides is 2. The minimum atomic E-state index is -0.275. The molecule has 1 aliphatic rings. The third-order valence-electron chi connectivity index (χ3n) is 4.21. The lowest BCUT2D eigenvalue weighted by Gasteiger charge is -2.14. The molecular weight excluding hydrogens is 323 g/mol. The zero-order chi connectivity index (χ0) is 17.6. The number of carbonyl (C=O) groups is 1. The van der Waals surface area contributed by atoms with Gasteiger partial charge in [0, 0.05) is 37.8 Å². The second-order valence-electron chi connectivity index (χ2n) is 6.17. The van der Waals surface area contributed by atoms with E-state index in [1.807, 2.05) is 22.6 Å². The summed E-state index contributed by atoms with van der Waals surface area (Å²) in [4.78, 5) is 13.9. The van der Waals surface area contributed by atoms with Crippen LogP contribution in [0.15, 0.2) is 30.3 Å². The van der Waals surface area contributed by atoms with Crippen molar-refractivity contribution in [2.45, 2.75) is 32.7 Å². The summed E-state index contributed by atoms with van der Waals surface area (Å²) < 4.78 is 20.3. The average Bonchev–Trinajstić information content (AvgIpc) is 3.24. The number of urea groups is 1. The Morgan fingerprint density at radius 1 is 1.28 bits per heavy atom. The molecule has 0 spiro atoms. The van der Waals surface area contributed by atoms with Gasteiger partial charge in [0.1, 0.15) is 11.6 Å². The predicted octanol–water partition coefficient (Wildman–Crippen LogP) is 3.43. The van der Waals surface area contributed by atoms with Crippen molar-refractivity contribution in [1.29, 1.82) is 0 Å². The number of hydrogen-bond acceptors (Lipinski definition) is 3. The van der Waals surface area contributed by atoms with Gasteiger partial charge in [-0.25, -0.2) is 9.18 Å². The zero-order valence-corrected chi connectivity index (χ0v) is 14.4. The first-order valence-corrected chi connectivity index (χ1v) is 8.60. The van der Waals surface area contributed by atoms with Gasteiger partial charge >= 0.3 is 6.03 Å². The summed E-state index contributed by atoms with van der Waals surface area (Å²) in [5.41, 5.74) is 0.985. The zero-order valence-electron chi connectivity index (χ0n) is 14.4. The highest BCUT2D eigenvalue weighted by atomic mass is 19.1. The Hall–Kier alpha value is -2.57. The van der Waals surface area contributed by atoms with Crippen LogP contribution in [-0.2, 0) is 6.54 Å². The van der Waals surface area contributed by atoms with Crippen LogP contribution in [0.2, 0.25) is 0 Å². The van der Waals surface area contributed by atoms with Gasteiger partial charge < -0.3 is 9.64 Å². The Morgan fingerprint density at radius 2 is 2.00 bits per heavy atom. The monoisotopic (exact) mass is 346 g/mol. The number of carbonyl (C=O) groups excluding carboxylic acids is 1. The van der Waals surface area contributed by atoms with E-state index in [2.05, 4.69) is 10.4 Å². The van der Waals surface area contributed by atoms with Gasteiger partial charge in [0.2, 0.25) is 0 Å². The molecule has 0 saturated carbocycles. The predicted molar refractivity (Wildman–Crippen MR) is 93.3 cm³/mol. The van der Waals surface area contributed by atoms with Gasteiger partial charge in [0.15, 0.2) is 5.82 Å². The van der Waals surface area contributed by atoms with Crippen LogP contribution in [-0.4, -0.2) is 40.4 Å². The van der Waals surface area contributed by atoms with E-state index >= 15 is 0 Å². The number of anilines is 1. The second-order valence-corrected chi connectivity index (χ2v) is 6.17. The lowest BCUT2D eigenvalue weighted by atomic mass is 10.3. The molecule has 0 radical (unpaired) electrons. The Morgan fingerprint density at radius 3 is 2.72 bits per heavy atom. The number of nitrogens with zero attached hydrogens (tertiary/aromatic N) is 3. The number of nitrogens with one attached hydrogen (secondary N) is 1. The summed E-state index contributed by atoms with van der Waals surface area (Å²) in [6.07, 6.45) is 2.89. The summed E-state index contributed by atoms with van der Waals surface area (Å²) in [6.45, 7) is 4.78. The van der Waals surface area contributed by atoms with Gasteiger partial charge in [-0.05, 0) is 44.0 Å². The van der Waals surface area contributed by atoms with E-state index in [1.165, 1.54) is 12.1 Å². The Labute approximate surface area is 146 Å². The van der Waals surface area contributed by atoms with E-state index < -0.39 is 0 Å². The first-order valence-electron chi connectivity index (χ1n) is 8.60. The second kappa shape index (κ2) is 8.00. The molecule has 6 nitrogen and oxygen atoms in total. The van der Waals surface area contributed by atoms with E-state index in [9.17, 15) is 9.18 Å². The molecule has 25 heavy (non-hydrogen) atoms. The molecule has 2 heterocycles. The SMILES string of the molecule is Cc1cc(NC(=O)N2CCCC2)nn1CCCOc1ccc(F)cc1. The molecule has 0 aliphatic carbocycles. The van der Waals surface area contributed by atoms with Crippen molar-refractivity contribution in [1.82, 2.24) is 14.7 Å². The van der Waals surface area contributed by atoms with Crippen molar-refractivity contribution in [3.8, 4) is 5.75 Å². The molecule has 1 fully saturated rings. The van der Waals surface area contributed by atoms with Crippen LogP contribution in [0.25, 0.3) is 0 Å². The number of rotatable bonds is 6. The molecule has 1 saturated heterocycles. The third-order valence-corrected chi connectivity index (χ3v) is 4.21. The minimum Gasteiger partial charge on any atom is -0.494 e. The van der Waals surface area contributed by atoms with Crippen molar-refractivity contribution in [3.05, 3.63) is 41.8 Å². The van der Waals surface area contributed by atoms with E-state index in [0.717, 1.165) is 38.0 Å². The maximum absolute atomic E-state index is 12.8. The molecule has 2 amide bonds. The number of ether oxygens (including phenoxy) is 1. The smallest absolute Gasteiger partial charge is 0.323 e. The molecule has 1 aromatic carbocycles. The van der Waals surface area contributed by atoms with Crippen molar-refractivity contribution in [3.63, 3.8) is 0 Å². The normalized spacial score (nSPS) is 13.9. The molecular formula is C18H23FN4O2.